The molecule has 1 amide bonds. The highest BCUT2D eigenvalue weighted by Crippen LogP contribution is 2.18. The Labute approximate surface area is 148 Å². The largest absolute Gasteiger partial charge is 0.364 e. The fourth-order valence-electron chi connectivity index (χ4n) is 2.36. The molecule has 0 saturated carbocycles. The number of benzene rings is 1. The summed E-state index contributed by atoms with van der Waals surface area (Å²) in [6.45, 7) is 0.679. The molecule has 0 unspecified atom stereocenters. The normalized spacial score (nSPS) is 20.4. The molecule has 0 aromatic heterocycles. The van der Waals surface area contributed by atoms with Gasteiger partial charge in [0.15, 0.2) is 0 Å². The predicted octanol–water partition coefficient (Wildman–Crippen LogP) is 0.150. The van der Waals surface area contributed by atoms with Gasteiger partial charge in [-0.15, -0.1) is 12.4 Å². The lowest BCUT2D eigenvalue weighted by molar-refractivity contribution is -0.131. The number of nitrogens with two attached hydrogens (primary N) is 1. The van der Waals surface area contributed by atoms with Gasteiger partial charge in [0.25, 0.3) is 0 Å². The number of nitrogens with one attached hydrogen (secondary N) is 2. The van der Waals surface area contributed by atoms with Crippen LogP contribution >= 0.6 is 12.4 Å². The number of hydrogen-bond donors (Lipinski definition) is 3. The van der Waals surface area contributed by atoms with Gasteiger partial charge in [-0.1, -0.05) is 30.3 Å². The van der Waals surface area contributed by atoms with E-state index in [2.05, 4.69) is 10.0 Å². The van der Waals surface area contributed by atoms with Gasteiger partial charge in [0, 0.05) is 19.6 Å². The van der Waals surface area contributed by atoms with Crippen molar-refractivity contribution in [1.82, 2.24) is 10.0 Å². The van der Waals surface area contributed by atoms with Gasteiger partial charge in [0.2, 0.25) is 15.9 Å². The minimum absolute atomic E-state index is 0. The number of sulfonamides is 1. The van der Waals surface area contributed by atoms with Crippen LogP contribution in [-0.4, -0.2) is 45.4 Å². The van der Waals surface area contributed by atoms with Gasteiger partial charge in [-0.25, -0.2) is 13.1 Å². The first-order valence-electron chi connectivity index (χ1n) is 7.64. The van der Waals surface area contributed by atoms with Gasteiger partial charge >= 0.3 is 0 Å². The smallest absolute Gasteiger partial charge is 0.249 e. The first-order valence-corrected chi connectivity index (χ1v) is 9.30. The van der Waals surface area contributed by atoms with Crippen LogP contribution in [0.1, 0.15) is 18.4 Å². The zero-order valence-electron chi connectivity index (χ0n) is 13.3. The molecule has 1 aliphatic heterocycles. The van der Waals surface area contributed by atoms with Crippen molar-refractivity contribution in [2.45, 2.75) is 31.6 Å². The highest BCUT2D eigenvalue weighted by atomic mass is 35.5. The second-order valence-electron chi connectivity index (χ2n) is 5.48. The third-order valence-corrected chi connectivity index (χ3v) is 5.00. The van der Waals surface area contributed by atoms with E-state index in [9.17, 15) is 13.2 Å². The number of ether oxygens (including phenoxy) is 1. The third kappa shape index (κ3) is 6.74. The molecule has 2 rings (SSSR count). The summed E-state index contributed by atoms with van der Waals surface area (Å²) in [5.41, 5.74) is 6.37. The average Bonchev–Trinajstić information content (AvgIpc) is 3.03. The molecule has 0 radical (unpaired) electrons. The summed E-state index contributed by atoms with van der Waals surface area (Å²) in [5, 5.41) is 2.60. The standard InChI is InChI=1S/C15H23N3O4S.ClH/c16-10-13-6-7-14(22-13)15(19)17-8-9-23(20,21)18-11-12-4-2-1-3-5-12;/h1-5,13-14,18H,6-11,16H2,(H,17,19);1H/t13-,14+;/m1./s1. The molecule has 1 fully saturated rings. The van der Waals surface area contributed by atoms with E-state index in [1.807, 2.05) is 30.3 Å². The van der Waals surface area contributed by atoms with Gasteiger partial charge in [0.05, 0.1) is 11.9 Å². The Morgan fingerprint density at radius 1 is 1.25 bits per heavy atom. The summed E-state index contributed by atoms with van der Waals surface area (Å²) >= 11 is 0. The van der Waals surface area contributed by atoms with Crippen molar-refractivity contribution < 1.29 is 17.9 Å². The summed E-state index contributed by atoms with van der Waals surface area (Å²) in [6, 6.07) is 9.25. The van der Waals surface area contributed by atoms with Crippen LogP contribution in [0.25, 0.3) is 0 Å². The van der Waals surface area contributed by atoms with Gasteiger partial charge in [-0.05, 0) is 18.4 Å². The van der Waals surface area contributed by atoms with Crippen molar-refractivity contribution in [1.29, 1.82) is 0 Å². The van der Waals surface area contributed by atoms with E-state index in [1.165, 1.54) is 0 Å². The minimum atomic E-state index is -3.44. The molecular weight excluding hydrogens is 354 g/mol. The van der Waals surface area contributed by atoms with E-state index in [1.54, 1.807) is 0 Å². The van der Waals surface area contributed by atoms with Crippen molar-refractivity contribution in [2.24, 2.45) is 5.73 Å². The number of amides is 1. The number of carbonyl (C=O) groups is 1. The van der Waals surface area contributed by atoms with Crippen LogP contribution in [0, 0.1) is 0 Å². The molecule has 9 heteroatoms. The van der Waals surface area contributed by atoms with Crippen LogP contribution in [0.4, 0.5) is 0 Å². The topological polar surface area (TPSA) is 111 Å². The summed E-state index contributed by atoms with van der Waals surface area (Å²) in [6.07, 6.45) is 0.767. The molecule has 136 valence electrons. The van der Waals surface area contributed by atoms with Crippen molar-refractivity contribution in [3.05, 3.63) is 35.9 Å². The molecule has 1 aliphatic rings. The summed E-state index contributed by atoms with van der Waals surface area (Å²) in [7, 11) is -3.44. The highest BCUT2D eigenvalue weighted by molar-refractivity contribution is 7.89. The lowest BCUT2D eigenvalue weighted by Gasteiger charge is -2.13. The number of rotatable bonds is 8. The fourth-order valence-corrected chi connectivity index (χ4v) is 3.26. The van der Waals surface area contributed by atoms with E-state index in [4.69, 9.17) is 10.5 Å². The summed E-state index contributed by atoms with van der Waals surface area (Å²) in [5.74, 6) is -0.447. The highest BCUT2D eigenvalue weighted by Gasteiger charge is 2.29. The van der Waals surface area contributed by atoms with Crippen LogP contribution in [0.15, 0.2) is 30.3 Å². The lowest BCUT2D eigenvalue weighted by atomic mass is 10.2. The number of halogens is 1. The Hall–Kier alpha value is -1.19. The molecule has 1 aromatic rings. The van der Waals surface area contributed by atoms with Crippen molar-refractivity contribution in [2.75, 3.05) is 18.8 Å². The fraction of sp³-hybridized carbons (Fsp3) is 0.533. The van der Waals surface area contributed by atoms with Crippen LogP contribution in [0.5, 0.6) is 0 Å². The summed E-state index contributed by atoms with van der Waals surface area (Å²) in [4.78, 5) is 11.9. The van der Waals surface area contributed by atoms with E-state index in [0.29, 0.717) is 13.0 Å². The lowest BCUT2D eigenvalue weighted by Crippen LogP contribution is -2.39. The van der Waals surface area contributed by atoms with Crippen molar-refractivity contribution in [3.8, 4) is 0 Å². The zero-order valence-corrected chi connectivity index (χ0v) is 14.9. The van der Waals surface area contributed by atoms with Crippen molar-refractivity contribution >= 4 is 28.3 Å². The Morgan fingerprint density at radius 3 is 2.58 bits per heavy atom. The zero-order chi connectivity index (χ0) is 16.7. The second kappa shape index (κ2) is 9.95. The molecule has 0 bridgehead atoms. The maximum absolute atomic E-state index is 11.9. The molecule has 24 heavy (non-hydrogen) atoms. The maximum Gasteiger partial charge on any atom is 0.249 e. The van der Waals surface area contributed by atoms with E-state index in [-0.39, 0.29) is 43.3 Å². The van der Waals surface area contributed by atoms with E-state index >= 15 is 0 Å². The van der Waals surface area contributed by atoms with Gasteiger partial charge in [-0.2, -0.15) is 0 Å². The van der Waals surface area contributed by atoms with Crippen LogP contribution in [-0.2, 0) is 26.1 Å². The molecule has 7 nitrogen and oxygen atoms in total. The molecule has 1 saturated heterocycles. The van der Waals surface area contributed by atoms with Crippen LogP contribution in [0.3, 0.4) is 0 Å². The molecule has 2 atom stereocenters. The van der Waals surface area contributed by atoms with Crippen LogP contribution < -0.4 is 15.8 Å². The van der Waals surface area contributed by atoms with Gasteiger partial charge < -0.3 is 15.8 Å². The molecule has 0 aliphatic carbocycles. The maximum atomic E-state index is 11.9. The van der Waals surface area contributed by atoms with Gasteiger partial charge in [0.1, 0.15) is 6.10 Å². The Balaban J connectivity index is 0.00000288. The quantitative estimate of drug-likeness (QED) is 0.597. The molecule has 1 aromatic carbocycles. The molecule has 4 N–H and O–H groups in total. The van der Waals surface area contributed by atoms with Gasteiger partial charge in [-0.3, -0.25) is 4.79 Å². The van der Waals surface area contributed by atoms with Crippen LogP contribution in [0.2, 0.25) is 0 Å². The first kappa shape index (κ1) is 20.9. The SMILES string of the molecule is Cl.NC[C@H]1CC[C@@H](C(=O)NCCS(=O)(=O)NCc2ccccc2)O1. The second-order valence-corrected chi connectivity index (χ2v) is 7.40. The van der Waals surface area contributed by atoms with Crippen molar-refractivity contribution in [3.63, 3.8) is 0 Å². The minimum Gasteiger partial charge on any atom is -0.364 e. The predicted molar refractivity (Wildman–Crippen MR) is 94.3 cm³/mol. The third-order valence-electron chi connectivity index (χ3n) is 3.67. The van der Waals surface area contributed by atoms with E-state index in [0.717, 1.165) is 12.0 Å². The Bertz CT molecular complexity index is 612. The monoisotopic (exact) mass is 377 g/mol. The number of carbonyl (C=O) groups excluding carboxylic acids is 1. The molecule has 1 heterocycles. The Kier molecular flexibility index (Phi) is 8.65. The molecule has 0 spiro atoms. The van der Waals surface area contributed by atoms with E-state index < -0.39 is 16.1 Å². The number of hydrogen-bond acceptors (Lipinski definition) is 5. The average molecular weight is 378 g/mol. The summed E-state index contributed by atoms with van der Waals surface area (Å²) < 4.78 is 31.8. The first-order chi connectivity index (χ1) is 11.0. The molecular formula is C15H24ClN3O4S. The Morgan fingerprint density at radius 2 is 1.96 bits per heavy atom.